The van der Waals surface area contributed by atoms with Crippen LogP contribution in [0.3, 0.4) is 0 Å². The fourth-order valence-electron chi connectivity index (χ4n) is 3.63. The van der Waals surface area contributed by atoms with Crippen LogP contribution in [0.25, 0.3) is 0 Å². The first-order chi connectivity index (χ1) is 15.8. The number of methoxy groups -OCH3 is 1. The van der Waals surface area contributed by atoms with Crippen LogP contribution in [-0.2, 0) is 16.4 Å². The number of ether oxygens (including phenoxy) is 1. The van der Waals surface area contributed by atoms with Gasteiger partial charge >= 0.3 is 0 Å². The van der Waals surface area contributed by atoms with Gasteiger partial charge in [0.15, 0.2) is 0 Å². The lowest BCUT2D eigenvalue weighted by atomic mass is 10.1. The minimum absolute atomic E-state index is 0.0315. The number of carbonyl (C=O) groups is 1. The van der Waals surface area contributed by atoms with E-state index in [2.05, 4.69) is 15.3 Å². The maximum atomic E-state index is 12.7. The summed E-state index contributed by atoms with van der Waals surface area (Å²) in [5, 5.41) is 2.66. The number of sulfonamides is 1. The van der Waals surface area contributed by atoms with Crippen molar-refractivity contribution in [1.82, 2.24) is 14.3 Å². The number of hydrogen-bond acceptors (Lipinski definition) is 6. The van der Waals surface area contributed by atoms with Gasteiger partial charge in [-0.25, -0.2) is 13.4 Å². The Morgan fingerprint density at radius 3 is 2.39 bits per heavy atom. The summed E-state index contributed by atoms with van der Waals surface area (Å²) in [6.45, 7) is 1.04. The van der Waals surface area contributed by atoms with Crippen molar-refractivity contribution in [3.05, 3.63) is 82.0 Å². The number of rotatable bonds is 7. The number of H-pyrrole nitrogens is 1. The summed E-state index contributed by atoms with van der Waals surface area (Å²) in [6.07, 6.45) is 2.05. The molecule has 0 atom stereocenters. The van der Waals surface area contributed by atoms with Gasteiger partial charge in [0.2, 0.25) is 10.0 Å². The van der Waals surface area contributed by atoms with Crippen molar-refractivity contribution in [1.29, 1.82) is 0 Å². The zero-order valence-corrected chi connectivity index (χ0v) is 18.9. The molecule has 1 amide bonds. The van der Waals surface area contributed by atoms with Crippen molar-refractivity contribution in [2.24, 2.45) is 0 Å². The Labute approximate surface area is 191 Å². The number of amides is 1. The zero-order chi connectivity index (χ0) is 23.4. The quantitative estimate of drug-likeness (QED) is 0.549. The van der Waals surface area contributed by atoms with Crippen LogP contribution in [0.5, 0.6) is 5.75 Å². The Kier molecular flexibility index (Phi) is 6.57. The molecule has 1 aromatic heterocycles. The highest BCUT2D eigenvalue weighted by Gasteiger charge is 2.27. The van der Waals surface area contributed by atoms with Crippen LogP contribution in [0.15, 0.2) is 64.3 Å². The number of anilines is 1. The molecule has 1 aliphatic heterocycles. The number of benzene rings is 2. The van der Waals surface area contributed by atoms with E-state index in [9.17, 15) is 18.0 Å². The first-order valence-corrected chi connectivity index (χ1v) is 11.9. The third kappa shape index (κ3) is 5.29. The molecule has 0 spiro atoms. The number of hydrogen-bond donors (Lipinski definition) is 2. The van der Waals surface area contributed by atoms with Gasteiger partial charge in [-0.3, -0.25) is 9.59 Å². The van der Waals surface area contributed by atoms with Gasteiger partial charge in [-0.2, -0.15) is 4.31 Å². The van der Waals surface area contributed by atoms with Crippen LogP contribution in [-0.4, -0.2) is 48.8 Å². The highest BCUT2D eigenvalue weighted by Crippen LogP contribution is 2.22. The van der Waals surface area contributed by atoms with E-state index in [0.717, 1.165) is 24.5 Å². The number of aromatic amines is 1. The summed E-state index contributed by atoms with van der Waals surface area (Å²) in [5.41, 5.74) is 0.826. The lowest BCUT2D eigenvalue weighted by Crippen LogP contribution is -2.27. The van der Waals surface area contributed by atoms with Gasteiger partial charge in [0.25, 0.3) is 11.5 Å². The first kappa shape index (κ1) is 22.7. The van der Waals surface area contributed by atoms with Gasteiger partial charge in [0, 0.05) is 31.3 Å². The van der Waals surface area contributed by atoms with Gasteiger partial charge in [-0.05, 0) is 54.8 Å². The van der Waals surface area contributed by atoms with E-state index >= 15 is 0 Å². The molecular formula is C23H24N4O5S. The molecule has 10 heteroatoms. The maximum Gasteiger partial charge on any atom is 0.274 e. The maximum absolute atomic E-state index is 12.7. The van der Waals surface area contributed by atoms with Crippen molar-refractivity contribution in [2.75, 3.05) is 25.5 Å². The lowest BCUT2D eigenvalue weighted by Gasteiger charge is -2.15. The minimum atomic E-state index is -3.53. The van der Waals surface area contributed by atoms with Crippen LogP contribution in [0.2, 0.25) is 0 Å². The Hall–Kier alpha value is -3.50. The van der Waals surface area contributed by atoms with Gasteiger partial charge in [-0.15, -0.1) is 0 Å². The first-order valence-electron chi connectivity index (χ1n) is 10.5. The monoisotopic (exact) mass is 468 g/mol. The second kappa shape index (κ2) is 9.55. The molecule has 0 saturated carbocycles. The van der Waals surface area contributed by atoms with Crippen molar-refractivity contribution >= 4 is 21.6 Å². The smallest absolute Gasteiger partial charge is 0.274 e. The van der Waals surface area contributed by atoms with Crippen molar-refractivity contribution in [2.45, 2.75) is 24.2 Å². The SMILES string of the molecule is COc1ccc(Cc2nc(C(=O)Nc3ccc(S(=O)(=O)N4CCCC4)cc3)cc(=O)[nH]2)cc1. The fraction of sp³-hybridized carbons (Fsp3) is 0.261. The molecule has 1 aliphatic rings. The molecule has 0 bridgehead atoms. The second-order valence-electron chi connectivity index (χ2n) is 7.69. The normalized spacial score (nSPS) is 14.2. The summed E-state index contributed by atoms with van der Waals surface area (Å²) in [5.74, 6) is 0.504. The van der Waals surface area contributed by atoms with E-state index in [1.165, 1.54) is 28.6 Å². The van der Waals surface area contributed by atoms with E-state index in [0.29, 0.717) is 36.8 Å². The van der Waals surface area contributed by atoms with Gasteiger partial charge in [0.05, 0.1) is 12.0 Å². The molecule has 172 valence electrons. The number of nitrogens with one attached hydrogen (secondary N) is 2. The summed E-state index contributed by atoms with van der Waals surface area (Å²) in [4.78, 5) is 31.8. The molecule has 3 aromatic rings. The van der Waals surface area contributed by atoms with Crippen molar-refractivity contribution in [3.63, 3.8) is 0 Å². The molecular weight excluding hydrogens is 444 g/mol. The molecule has 0 unspecified atom stereocenters. The second-order valence-corrected chi connectivity index (χ2v) is 9.63. The van der Waals surface area contributed by atoms with Crippen molar-refractivity contribution in [3.8, 4) is 5.75 Å². The summed E-state index contributed by atoms with van der Waals surface area (Å²) < 4.78 is 31.9. The van der Waals surface area contributed by atoms with Gasteiger partial charge in [0.1, 0.15) is 17.3 Å². The van der Waals surface area contributed by atoms with Crippen LogP contribution in [0.4, 0.5) is 5.69 Å². The third-order valence-corrected chi connectivity index (χ3v) is 7.28. The Balaban J connectivity index is 1.47. The van der Waals surface area contributed by atoms with E-state index in [1.54, 1.807) is 19.2 Å². The molecule has 2 N–H and O–H groups in total. The van der Waals surface area contributed by atoms with Crippen LogP contribution in [0.1, 0.15) is 34.7 Å². The largest absolute Gasteiger partial charge is 0.497 e. The minimum Gasteiger partial charge on any atom is -0.497 e. The van der Waals surface area contributed by atoms with E-state index in [-0.39, 0.29) is 10.6 Å². The van der Waals surface area contributed by atoms with Crippen LogP contribution < -0.4 is 15.6 Å². The van der Waals surface area contributed by atoms with E-state index in [1.807, 2.05) is 12.1 Å². The summed E-state index contributed by atoms with van der Waals surface area (Å²) in [6, 6.07) is 14.4. The summed E-state index contributed by atoms with van der Waals surface area (Å²) in [7, 11) is -1.95. The number of nitrogens with zero attached hydrogens (tertiary/aromatic N) is 2. The molecule has 4 rings (SSSR count). The molecule has 2 aromatic carbocycles. The number of aromatic nitrogens is 2. The van der Waals surface area contributed by atoms with Gasteiger partial charge in [-0.1, -0.05) is 12.1 Å². The molecule has 0 aliphatic carbocycles. The average molecular weight is 469 g/mol. The van der Waals surface area contributed by atoms with Crippen LogP contribution >= 0.6 is 0 Å². The molecule has 33 heavy (non-hydrogen) atoms. The van der Waals surface area contributed by atoms with Crippen molar-refractivity contribution < 1.29 is 17.9 Å². The highest BCUT2D eigenvalue weighted by atomic mass is 32.2. The van der Waals surface area contributed by atoms with E-state index < -0.39 is 21.5 Å². The van der Waals surface area contributed by atoms with Crippen LogP contribution in [0, 0.1) is 0 Å². The Morgan fingerprint density at radius 2 is 1.76 bits per heavy atom. The summed E-state index contributed by atoms with van der Waals surface area (Å²) >= 11 is 0. The number of carbonyl (C=O) groups excluding carboxylic acids is 1. The molecule has 2 heterocycles. The molecule has 0 radical (unpaired) electrons. The highest BCUT2D eigenvalue weighted by molar-refractivity contribution is 7.89. The molecule has 9 nitrogen and oxygen atoms in total. The standard InChI is InChI=1S/C23H24N4O5S/c1-32-18-8-4-16(5-9-18)14-21-25-20(15-22(28)26-21)23(29)24-17-6-10-19(11-7-17)33(30,31)27-12-2-3-13-27/h4-11,15H,2-3,12-14H2,1H3,(H,24,29)(H,25,26,28). The Bertz CT molecular complexity index is 1300. The molecule has 1 fully saturated rings. The van der Waals surface area contributed by atoms with E-state index in [4.69, 9.17) is 4.74 Å². The van der Waals surface area contributed by atoms with Gasteiger partial charge < -0.3 is 15.0 Å². The average Bonchev–Trinajstić information content (AvgIpc) is 3.36. The third-order valence-electron chi connectivity index (χ3n) is 5.37. The lowest BCUT2D eigenvalue weighted by molar-refractivity contribution is 0.102. The molecule has 1 saturated heterocycles. The Morgan fingerprint density at radius 1 is 1.09 bits per heavy atom. The fourth-order valence-corrected chi connectivity index (χ4v) is 5.14. The predicted molar refractivity (Wildman–Crippen MR) is 123 cm³/mol. The predicted octanol–water partition coefficient (Wildman–Crippen LogP) is 2.41. The zero-order valence-electron chi connectivity index (χ0n) is 18.1. The topological polar surface area (TPSA) is 121 Å².